The maximum Gasteiger partial charge on any atom is 0.320 e. The fourth-order valence-corrected chi connectivity index (χ4v) is 9.33. The van der Waals surface area contributed by atoms with Crippen LogP contribution >= 0.6 is 0 Å². The molecule has 0 aromatic heterocycles. The first-order valence-electron chi connectivity index (χ1n) is 13.2. The first-order chi connectivity index (χ1) is 15.1. The van der Waals surface area contributed by atoms with Gasteiger partial charge in [-0.15, -0.1) is 0 Å². The lowest BCUT2D eigenvalue weighted by molar-refractivity contribution is -0.145. The molecule has 0 aromatic carbocycles. The Morgan fingerprint density at radius 3 is 2.34 bits per heavy atom. The summed E-state index contributed by atoms with van der Waals surface area (Å²) in [6.07, 6.45) is 11.6. The molecule has 5 nitrogen and oxygen atoms in total. The lowest BCUT2D eigenvalue weighted by atomic mass is 9.44. The predicted molar refractivity (Wildman–Crippen MR) is 125 cm³/mol. The van der Waals surface area contributed by atoms with Crippen LogP contribution in [0.1, 0.15) is 85.0 Å². The normalized spacial score (nSPS) is 44.4. The number of carbonyl (C=O) groups excluding carboxylic acids is 1. The number of hydrogen-bond donors (Lipinski definition) is 2. The van der Waals surface area contributed by atoms with Gasteiger partial charge in [0, 0.05) is 12.5 Å². The number of nitrogens with zero attached hydrogens (tertiary/aromatic N) is 1. The van der Waals surface area contributed by atoms with E-state index in [1.165, 1.54) is 38.5 Å². The third kappa shape index (κ3) is 3.96. The molecule has 2 N–H and O–H groups in total. The molecular formula is C27H45NO4. The van der Waals surface area contributed by atoms with Crippen LogP contribution < -0.4 is 0 Å². The molecule has 4 aliphatic rings. The van der Waals surface area contributed by atoms with E-state index >= 15 is 0 Å². The fourth-order valence-electron chi connectivity index (χ4n) is 9.33. The summed E-state index contributed by atoms with van der Waals surface area (Å²) in [5.41, 5.74) is 0.601. The van der Waals surface area contributed by atoms with Crippen LogP contribution in [0, 0.1) is 46.3 Å². The summed E-state index contributed by atoms with van der Waals surface area (Å²) in [7, 11) is 1.82. The molecule has 0 aliphatic heterocycles. The van der Waals surface area contributed by atoms with E-state index in [0.29, 0.717) is 41.9 Å². The Morgan fingerprint density at radius 1 is 1.00 bits per heavy atom. The van der Waals surface area contributed by atoms with E-state index in [9.17, 15) is 19.8 Å². The standard InChI is InChI=1S/C27H45NO4/c1-17(30)21-7-8-22-20-6-5-19-15-18(16-24(25(31)32)28(4)13-14-29)9-11-26(19,2)23(20)10-12-27(21,22)3/h18-24,29H,5-16H2,1-4H3,(H,31,32)/t18-,19-,20-,21+,22-,23-,24?,26-,27+/m0/s1. The van der Waals surface area contributed by atoms with Crippen molar-refractivity contribution in [2.75, 3.05) is 20.2 Å². The van der Waals surface area contributed by atoms with Crippen LogP contribution in [0.2, 0.25) is 0 Å². The average molecular weight is 448 g/mol. The number of fused-ring (bicyclic) bond motifs is 5. The number of aliphatic carboxylic acids is 1. The van der Waals surface area contributed by atoms with E-state index in [0.717, 1.165) is 31.1 Å². The molecule has 1 unspecified atom stereocenters. The second-order valence-electron chi connectivity index (χ2n) is 12.4. The van der Waals surface area contributed by atoms with Gasteiger partial charge in [-0.25, -0.2) is 0 Å². The number of carboxylic acid groups (broad SMARTS) is 1. The molecule has 0 radical (unpaired) electrons. The van der Waals surface area contributed by atoms with E-state index in [4.69, 9.17) is 0 Å². The van der Waals surface area contributed by atoms with Crippen molar-refractivity contribution in [2.45, 2.75) is 91.0 Å². The Hall–Kier alpha value is -0.940. The molecule has 0 spiro atoms. The monoisotopic (exact) mass is 447 g/mol. The molecule has 0 bridgehead atoms. The molecule has 4 saturated carbocycles. The topological polar surface area (TPSA) is 77.8 Å². The molecule has 4 rings (SSSR count). The first kappa shape index (κ1) is 24.2. The van der Waals surface area contributed by atoms with E-state index in [1.807, 2.05) is 14.0 Å². The Balaban J connectivity index is 1.45. The molecular weight excluding hydrogens is 402 g/mol. The molecule has 4 fully saturated rings. The zero-order valence-corrected chi connectivity index (χ0v) is 20.7. The summed E-state index contributed by atoms with van der Waals surface area (Å²) in [5.74, 6) is 3.37. The van der Waals surface area contributed by atoms with Crippen molar-refractivity contribution in [3.8, 4) is 0 Å². The number of Topliss-reactive ketones (excluding diaryl/α,β-unsaturated/α-hetero) is 1. The first-order valence-corrected chi connectivity index (χ1v) is 13.2. The van der Waals surface area contributed by atoms with Gasteiger partial charge in [-0.2, -0.15) is 0 Å². The van der Waals surface area contributed by atoms with Gasteiger partial charge in [0.15, 0.2) is 0 Å². The second kappa shape index (κ2) is 9.02. The number of likely N-dealkylation sites (N-methyl/N-ethyl adjacent to an activating group) is 1. The van der Waals surface area contributed by atoms with Crippen molar-refractivity contribution in [2.24, 2.45) is 46.3 Å². The minimum Gasteiger partial charge on any atom is -0.480 e. The molecule has 9 atom stereocenters. The van der Waals surface area contributed by atoms with Gasteiger partial charge in [-0.05, 0) is 119 Å². The highest BCUT2D eigenvalue weighted by Gasteiger charge is 2.60. The van der Waals surface area contributed by atoms with Crippen LogP contribution in [-0.4, -0.2) is 53.1 Å². The number of ketones is 1. The van der Waals surface area contributed by atoms with Crippen molar-refractivity contribution in [1.82, 2.24) is 4.90 Å². The number of rotatable bonds is 7. The van der Waals surface area contributed by atoms with E-state index in [2.05, 4.69) is 13.8 Å². The highest BCUT2D eigenvalue weighted by atomic mass is 16.4. The predicted octanol–water partition coefficient (Wildman–Crippen LogP) is 4.62. The summed E-state index contributed by atoms with van der Waals surface area (Å²) in [5, 5.41) is 19.0. The Morgan fingerprint density at radius 2 is 1.69 bits per heavy atom. The van der Waals surface area contributed by atoms with E-state index < -0.39 is 12.0 Å². The van der Waals surface area contributed by atoms with Gasteiger partial charge < -0.3 is 10.2 Å². The largest absolute Gasteiger partial charge is 0.480 e. The summed E-state index contributed by atoms with van der Waals surface area (Å²) >= 11 is 0. The molecule has 5 heteroatoms. The fraction of sp³-hybridized carbons (Fsp3) is 0.926. The maximum atomic E-state index is 12.4. The average Bonchev–Trinajstić information content (AvgIpc) is 3.09. The number of aliphatic hydroxyl groups excluding tert-OH is 1. The summed E-state index contributed by atoms with van der Waals surface area (Å²) in [6.45, 7) is 7.20. The van der Waals surface area contributed by atoms with Crippen molar-refractivity contribution >= 4 is 11.8 Å². The minimum absolute atomic E-state index is 0.000711. The van der Waals surface area contributed by atoms with Gasteiger partial charge in [0.25, 0.3) is 0 Å². The zero-order chi connectivity index (χ0) is 23.3. The van der Waals surface area contributed by atoms with Gasteiger partial charge in [-0.3, -0.25) is 14.5 Å². The van der Waals surface area contributed by atoms with Crippen LogP contribution in [0.4, 0.5) is 0 Å². The van der Waals surface area contributed by atoms with Crippen molar-refractivity contribution in [3.63, 3.8) is 0 Å². The lowest BCUT2D eigenvalue weighted by Crippen LogP contribution is -2.54. The van der Waals surface area contributed by atoms with Crippen molar-refractivity contribution in [1.29, 1.82) is 0 Å². The molecule has 0 amide bonds. The van der Waals surface area contributed by atoms with E-state index in [-0.39, 0.29) is 17.9 Å². The maximum absolute atomic E-state index is 12.4. The smallest absolute Gasteiger partial charge is 0.320 e. The number of carboxylic acids is 1. The molecule has 4 aliphatic carbocycles. The Kier molecular flexibility index (Phi) is 6.82. The van der Waals surface area contributed by atoms with E-state index in [1.54, 1.807) is 4.90 Å². The lowest BCUT2D eigenvalue weighted by Gasteiger charge is -2.61. The van der Waals surface area contributed by atoms with Crippen LogP contribution in [0.15, 0.2) is 0 Å². The summed E-state index contributed by atoms with van der Waals surface area (Å²) in [6, 6.07) is -0.495. The third-order valence-corrected chi connectivity index (χ3v) is 11.1. The third-order valence-electron chi connectivity index (χ3n) is 11.1. The minimum atomic E-state index is -0.759. The molecule has 0 aromatic rings. The van der Waals surface area contributed by atoms with Gasteiger partial charge in [0.2, 0.25) is 0 Å². The Bertz CT molecular complexity index is 724. The van der Waals surface area contributed by atoms with Gasteiger partial charge in [-0.1, -0.05) is 13.8 Å². The molecule has 0 saturated heterocycles. The number of aliphatic hydroxyl groups is 1. The quantitative estimate of drug-likeness (QED) is 0.595. The zero-order valence-electron chi connectivity index (χ0n) is 20.7. The van der Waals surface area contributed by atoms with Crippen LogP contribution in [-0.2, 0) is 9.59 Å². The number of hydrogen-bond acceptors (Lipinski definition) is 4. The summed E-state index contributed by atoms with van der Waals surface area (Å²) < 4.78 is 0. The molecule has 182 valence electrons. The second-order valence-corrected chi connectivity index (χ2v) is 12.4. The summed E-state index contributed by atoms with van der Waals surface area (Å²) in [4.78, 5) is 26.1. The van der Waals surface area contributed by atoms with Crippen LogP contribution in [0.5, 0.6) is 0 Å². The van der Waals surface area contributed by atoms with Crippen LogP contribution in [0.25, 0.3) is 0 Å². The van der Waals surface area contributed by atoms with Gasteiger partial charge >= 0.3 is 5.97 Å². The SMILES string of the molecule is CC(=O)[C@H]1CC[C@H]2[C@@H]3CC[C@H]4C[C@@H](CC(C(=O)O)N(C)CCO)CC[C@]4(C)[C@H]3CC[C@]12C. The van der Waals surface area contributed by atoms with Crippen molar-refractivity contribution < 1.29 is 19.8 Å². The molecule has 32 heavy (non-hydrogen) atoms. The highest BCUT2D eigenvalue weighted by Crippen LogP contribution is 2.68. The molecule has 0 heterocycles. The van der Waals surface area contributed by atoms with Crippen molar-refractivity contribution in [3.05, 3.63) is 0 Å². The number of carbonyl (C=O) groups is 2. The highest BCUT2D eigenvalue weighted by molar-refractivity contribution is 5.79. The Labute approximate surface area is 194 Å². The van der Waals surface area contributed by atoms with Gasteiger partial charge in [0.1, 0.15) is 11.8 Å². The van der Waals surface area contributed by atoms with Gasteiger partial charge in [0.05, 0.1) is 6.61 Å². The van der Waals surface area contributed by atoms with Crippen LogP contribution in [0.3, 0.4) is 0 Å².